The number of hydrogen-bond donors (Lipinski definition) is 0. The van der Waals surface area contributed by atoms with E-state index in [1.807, 2.05) is 24.2 Å². The molecule has 0 fully saturated rings. The maximum Gasteiger partial charge on any atom is 0.246 e. The standard InChI is InChI=1S/C13H21N3O/c1-4-8-16(9-5-2)13(17)7-6-12-10-14-15(3)11-12/h6-7,10-11H,4-5,8-9H2,1-3H3/b7-6-. The molecule has 0 atom stereocenters. The Labute approximate surface area is 103 Å². The Bertz CT molecular complexity index is 376. The number of carbonyl (C=O) groups excluding carboxylic acids is 1. The van der Waals surface area contributed by atoms with Gasteiger partial charge in [-0.2, -0.15) is 5.10 Å². The van der Waals surface area contributed by atoms with Crippen LogP contribution in [0.3, 0.4) is 0 Å². The van der Waals surface area contributed by atoms with E-state index in [2.05, 4.69) is 18.9 Å². The molecule has 0 bridgehead atoms. The molecule has 0 unspecified atom stereocenters. The van der Waals surface area contributed by atoms with Crippen LogP contribution in [0.1, 0.15) is 32.3 Å². The van der Waals surface area contributed by atoms with Gasteiger partial charge in [-0.15, -0.1) is 0 Å². The first-order valence-electron chi connectivity index (χ1n) is 6.13. The fraction of sp³-hybridized carbons (Fsp3) is 0.538. The molecule has 4 heteroatoms. The molecule has 0 N–H and O–H groups in total. The van der Waals surface area contributed by atoms with E-state index in [-0.39, 0.29) is 5.91 Å². The second-order valence-electron chi connectivity index (χ2n) is 4.11. The summed E-state index contributed by atoms with van der Waals surface area (Å²) in [5, 5.41) is 4.05. The lowest BCUT2D eigenvalue weighted by molar-refractivity contribution is -0.126. The van der Waals surface area contributed by atoms with Gasteiger partial charge in [0.1, 0.15) is 0 Å². The van der Waals surface area contributed by atoms with Gasteiger partial charge in [0, 0.05) is 38.0 Å². The van der Waals surface area contributed by atoms with Crippen molar-refractivity contribution in [3.63, 3.8) is 0 Å². The van der Waals surface area contributed by atoms with Crippen molar-refractivity contribution < 1.29 is 4.79 Å². The first-order chi connectivity index (χ1) is 8.17. The summed E-state index contributed by atoms with van der Waals surface area (Å²) in [5.41, 5.74) is 0.953. The minimum atomic E-state index is 0.0811. The molecule has 1 aromatic rings. The van der Waals surface area contributed by atoms with Gasteiger partial charge in [-0.1, -0.05) is 13.8 Å². The molecule has 0 saturated carbocycles. The summed E-state index contributed by atoms with van der Waals surface area (Å²) in [6.07, 6.45) is 9.05. The van der Waals surface area contributed by atoms with Gasteiger partial charge in [0.05, 0.1) is 6.20 Å². The van der Waals surface area contributed by atoms with Crippen molar-refractivity contribution >= 4 is 12.0 Å². The highest BCUT2D eigenvalue weighted by Gasteiger charge is 2.07. The third-order valence-corrected chi connectivity index (χ3v) is 2.44. The zero-order valence-electron chi connectivity index (χ0n) is 10.9. The number of aryl methyl sites for hydroxylation is 1. The molecule has 0 aliphatic rings. The van der Waals surface area contributed by atoms with Gasteiger partial charge in [0.25, 0.3) is 0 Å². The quantitative estimate of drug-likeness (QED) is 0.708. The minimum Gasteiger partial charge on any atom is -0.339 e. The smallest absolute Gasteiger partial charge is 0.246 e. The fourth-order valence-corrected chi connectivity index (χ4v) is 1.67. The van der Waals surface area contributed by atoms with Crippen molar-refractivity contribution in [1.82, 2.24) is 14.7 Å². The largest absolute Gasteiger partial charge is 0.339 e. The van der Waals surface area contributed by atoms with E-state index in [9.17, 15) is 4.79 Å². The summed E-state index contributed by atoms with van der Waals surface area (Å²) >= 11 is 0. The van der Waals surface area contributed by atoms with Gasteiger partial charge in [0.2, 0.25) is 5.91 Å². The van der Waals surface area contributed by atoms with Crippen molar-refractivity contribution in [3.8, 4) is 0 Å². The lowest BCUT2D eigenvalue weighted by Gasteiger charge is -2.19. The number of nitrogens with zero attached hydrogens (tertiary/aromatic N) is 3. The predicted molar refractivity (Wildman–Crippen MR) is 69.4 cm³/mol. The molecule has 0 aromatic carbocycles. The van der Waals surface area contributed by atoms with Crippen molar-refractivity contribution in [3.05, 3.63) is 24.0 Å². The molecule has 0 saturated heterocycles. The Morgan fingerprint density at radius 3 is 2.53 bits per heavy atom. The molecule has 0 aliphatic carbocycles. The fourth-order valence-electron chi connectivity index (χ4n) is 1.67. The number of aromatic nitrogens is 2. The molecule has 17 heavy (non-hydrogen) atoms. The van der Waals surface area contributed by atoms with Crippen LogP contribution in [-0.2, 0) is 11.8 Å². The zero-order chi connectivity index (χ0) is 12.7. The number of hydrogen-bond acceptors (Lipinski definition) is 2. The molecule has 1 amide bonds. The summed E-state index contributed by atoms with van der Waals surface area (Å²) in [6.45, 7) is 5.82. The van der Waals surface area contributed by atoms with E-state index in [4.69, 9.17) is 0 Å². The molecule has 4 nitrogen and oxygen atoms in total. The van der Waals surface area contributed by atoms with Crippen molar-refractivity contribution in [2.75, 3.05) is 13.1 Å². The molecular weight excluding hydrogens is 214 g/mol. The van der Waals surface area contributed by atoms with Crippen LogP contribution in [0.25, 0.3) is 6.08 Å². The SMILES string of the molecule is CCCN(CCC)C(=O)/C=C\c1cnn(C)c1. The molecule has 0 radical (unpaired) electrons. The van der Waals surface area contributed by atoms with Crippen LogP contribution in [0.15, 0.2) is 18.5 Å². The third-order valence-electron chi connectivity index (χ3n) is 2.44. The molecule has 1 rings (SSSR count). The Hall–Kier alpha value is -1.58. The Kier molecular flexibility index (Phi) is 5.46. The summed E-state index contributed by atoms with van der Waals surface area (Å²) in [6, 6.07) is 0. The highest BCUT2D eigenvalue weighted by atomic mass is 16.2. The van der Waals surface area contributed by atoms with Crippen LogP contribution in [0.5, 0.6) is 0 Å². The maximum absolute atomic E-state index is 11.9. The number of rotatable bonds is 6. The number of carbonyl (C=O) groups is 1. The van der Waals surface area contributed by atoms with Crippen LogP contribution in [-0.4, -0.2) is 33.7 Å². The van der Waals surface area contributed by atoms with E-state index >= 15 is 0 Å². The topological polar surface area (TPSA) is 38.1 Å². The van der Waals surface area contributed by atoms with Crippen LogP contribution < -0.4 is 0 Å². The van der Waals surface area contributed by atoms with Crippen molar-refractivity contribution in [1.29, 1.82) is 0 Å². The zero-order valence-corrected chi connectivity index (χ0v) is 10.9. The lowest BCUT2D eigenvalue weighted by Crippen LogP contribution is -2.30. The maximum atomic E-state index is 11.9. The molecule has 0 spiro atoms. The van der Waals surface area contributed by atoms with Gasteiger partial charge < -0.3 is 4.90 Å². The monoisotopic (exact) mass is 235 g/mol. The van der Waals surface area contributed by atoms with Crippen LogP contribution in [0.4, 0.5) is 0 Å². The van der Waals surface area contributed by atoms with Crippen LogP contribution >= 0.6 is 0 Å². The summed E-state index contributed by atoms with van der Waals surface area (Å²) in [5.74, 6) is 0.0811. The van der Waals surface area contributed by atoms with Crippen molar-refractivity contribution in [2.45, 2.75) is 26.7 Å². The third kappa shape index (κ3) is 4.43. The second kappa shape index (κ2) is 6.89. The van der Waals surface area contributed by atoms with Crippen LogP contribution in [0.2, 0.25) is 0 Å². The normalized spacial score (nSPS) is 11.0. The Morgan fingerprint density at radius 1 is 1.41 bits per heavy atom. The van der Waals surface area contributed by atoms with Gasteiger partial charge in [-0.3, -0.25) is 9.48 Å². The molecule has 1 heterocycles. The Balaban J connectivity index is 2.59. The van der Waals surface area contributed by atoms with Gasteiger partial charge in [-0.25, -0.2) is 0 Å². The molecule has 0 aliphatic heterocycles. The van der Waals surface area contributed by atoms with Crippen molar-refractivity contribution in [2.24, 2.45) is 7.05 Å². The van der Waals surface area contributed by atoms with Gasteiger partial charge in [0.15, 0.2) is 0 Å². The summed E-state index contributed by atoms with van der Waals surface area (Å²) < 4.78 is 1.72. The minimum absolute atomic E-state index is 0.0811. The molecule has 1 aromatic heterocycles. The summed E-state index contributed by atoms with van der Waals surface area (Å²) in [4.78, 5) is 13.8. The van der Waals surface area contributed by atoms with E-state index < -0.39 is 0 Å². The second-order valence-corrected chi connectivity index (χ2v) is 4.11. The highest BCUT2D eigenvalue weighted by Crippen LogP contribution is 2.02. The molecular formula is C13H21N3O. The summed E-state index contributed by atoms with van der Waals surface area (Å²) in [7, 11) is 1.86. The first kappa shape index (κ1) is 13.5. The van der Waals surface area contributed by atoms with Crippen LogP contribution in [0, 0.1) is 0 Å². The number of amides is 1. The van der Waals surface area contributed by atoms with Gasteiger partial charge in [-0.05, 0) is 18.9 Å². The first-order valence-corrected chi connectivity index (χ1v) is 6.13. The van der Waals surface area contributed by atoms with E-state index in [0.29, 0.717) is 0 Å². The van der Waals surface area contributed by atoms with E-state index in [1.165, 1.54) is 0 Å². The van der Waals surface area contributed by atoms with E-state index in [1.54, 1.807) is 17.0 Å². The molecule has 94 valence electrons. The van der Waals surface area contributed by atoms with Gasteiger partial charge >= 0.3 is 0 Å². The average Bonchev–Trinajstić information content (AvgIpc) is 2.72. The lowest BCUT2D eigenvalue weighted by atomic mass is 10.3. The Morgan fingerprint density at radius 2 is 2.06 bits per heavy atom. The predicted octanol–water partition coefficient (Wildman–Crippen LogP) is 2.08. The highest BCUT2D eigenvalue weighted by molar-refractivity contribution is 5.91. The van der Waals surface area contributed by atoms with E-state index in [0.717, 1.165) is 31.5 Å². The average molecular weight is 235 g/mol.